The minimum Gasteiger partial charge on any atom is -0.345 e. The molecule has 1 fully saturated rings. The Kier molecular flexibility index (Phi) is 6.75. The number of imidazole rings is 1. The molecule has 7 nitrogen and oxygen atoms in total. The Bertz CT molecular complexity index is 1300. The SMILES string of the molecule is CCN(CC)S(=O)(=O)c1ccc2c(c1)nc(SCC(=O)c1cc(C)n(C3CC3)c1C)n2CC. The number of hydrogen-bond acceptors (Lipinski definition) is 5. The van der Waals surface area contributed by atoms with Gasteiger partial charge in [0.1, 0.15) is 0 Å². The van der Waals surface area contributed by atoms with Crippen molar-refractivity contribution in [2.45, 2.75) is 70.1 Å². The summed E-state index contributed by atoms with van der Waals surface area (Å²) in [6.07, 6.45) is 2.37. The number of Topliss-reactive ketones (excluding diaryl/α,β-unsaturated/α-hetero) is 1. The van der Waals surface area contributed by atoms with Gasteiger partial charge in [0, 0.05) is 42.6 Å². The molecule has 4 rings (SSSR count). The van der Waals surface area contributed by atoms with E-state index in [1.54, 1.807) is 12.1 Å². The first-order chi connectivity index (χ1) is 15.7. The first-order valence-electron chi connectivity index (χ1n) is 11.6. The van der Waals surface area contributed by atoms with Crippen molar-refractivity contribution in [1.82, 2.24) is 18.4 Å². The monoisotopic (exact) mass is 488 g/mol. The lowest BCUT2D eigenvalue weighted by molar-refractivity contribution is 0.102. The third kappa shape index (κ3) is 4.38. The van der Waals surface area contributed by atoms with Gasteiger partial charge in [0.05, 0.1) is 21.7 Å². The third-order valence-electron chi connectivity index (χ3n) is 6.37. The summed E-state index contributed by atoms with van der Waals surface area (Å²) in [4.78, 5) is 18.0. The van der Waals surface area contributed by atoms with Crippen molar-refractivity contribution in [2.75, 3.05) is 18.8 Å². The van der Waals surface area contributed by atoms with Crippen LogP contribution in [0.4, 0.5) is 0 Å². The molecule has 0 atom stereocenters. The number of benzene rings is 1. The van der Waals surface area contributed by atoms with Crippen molar-refractivity contribution < 1.29 is 13.2 Å². The van der Waals surface area contributed by atoms with Crippen LogP contribution in [0.25, 0.3) is 11.0 Å². The van der Waals surface area contributed by atoms with Crippen LogP contribution < -0.4 is 0 Å². The van der Waals surface area contributed by atoms with Gasteiger partial charge in [-0.05, 0) is 57.9 Å². The van der Waals surface area contributed by atoms with Crippen LogP contribution in [0.3, 0.4) is 0 Å². The molecule has 3 aromatic rings. The second kappa shape index (κ2) is 9.27. The van der Waals surface area contributed by atoms with Crippen molar-refractivity contribution >= 4 is 38.6 Å². The highest BCUT2D eigenvalue weighted by atomic mass is 32.2. The second-order valence-corrected chi connectivity index (χ2v) is 11.4. The van der Waals surface area contributed by atoms with Gasteiger partial charge in [-0.25, -0.2) is 13.4 Å². The van der Waals surface area contributed by atoms with Gasteiger partial charge in [-0.3, -0.25) is 4.79 Å². The fraction of sp³-hybridized carbons (Fsp3) is 0.500. The minimum absolute atomic E-state index is 0.0968. The molecule has 2 heterocycles. The van der Waals surface area contributed by atoms with Crippen LogP contribution in [0.2, 0.25) is 0 Å². The van der Waals surface area contributed by atoms with E-state index in [1.807, 2.05) is 44.4 Å². The van der Waals surface area contributed by atoms with Gasteiger partial charge >= 0.3 is 0 Å². The highest BCUT2D eigenvalue weighted by molar-refractivity contribution is 7.99. The molecule has 0 amide bonds. The summed E-state index contributed by atoms with van der Waals surface area (Å²) >= 11 is 1.41. The highest BCUT2D eigenvalue weighted by Crippen LogP contribution is 2.38. The van der Waals surface area contributed by atoms with Crippen molar-refractivity contribution in [1.29, 1.82) is 0 Å². The van der Waals surface area contributed by atoms with Crippen LogP contribution in [0.5, 0.6) is 0 Å². The zero-order valence-electron chi connectivity index (χ0n) is 20.0. The topological polar surface area (TPSA) is 77.2 Å². The highest BCUT2D eigenvalue weighted by Gasteiger charge is 2.28. The summed E-state index contributed by atoms with van der Waals surface area (Å²) in [5, 5.41) is 0.731. The Labute approximate surface area is 200 Å². The number of fused-ring (bicyclic) bond motifs is 1. The summed E-state index contributed by atoms with van der Waals surface area (Å²) in [5.74, 6) is 0.391. The maximum absolute atomic E-state index is 13.0. The average molecular weight is 489 g/mol. The number of rotatable bonds is 10. The van der Waals surface area contributed by atoms with Crippen LogP contribution >= 0.6 is 11.8 Å². The molecule has 0 aliphatic heterocycles. The van der Waals surface area contributed by atoms with Crippen LogP contribution in [-0.4, -0.2) is 51.5 Å². The van der Waals surface area contributed by atoms with Crippen molar-refractivity contribution in [2.24, 2.45) is 0 Å². The molecule has 2 aromatic heterocycles. The lowest BCUT2D eigenvalue weighted by Gasteiger charge is -2.18. The predicted molar refractivity (Wildman–Crippen MR) is 133 cm³/mol. The van der Waals surface area contributed by atoms with Crippen LogP contribution in [0, 0.1) is 13.8 Å². The summed E-state index contributed by atoms with van der Waals surface area (Å²) in [5.41, 5.74) is 4.49. The van der Waals surface area contributed by atoms with Gasteiger partial charge in [0.2, 0.25) is 10.0 Å². The predicted octanol–water partition coefficient (Wildman–Crippen LogP) is 4.81. The van der Waals surface area contributed by atoms with Crippen LogP contribution in [0.1, 0.15) is 61.4 Å². The van der Waals surface area contributed by atoms with E-state index in [9.17, 15) is 13.2 Å². The van der Waals surface area contributed by atoms with Gasteiger partial charge in [0.25, 0.3) is 0 Å². The molecule has 0 radical (unpaired) electrons. The first-order valence-corrected chi connectivity index (χ1v) is 14.0. The molecule has 0 N–H and O–H groups in total. The fourth-order valence-electron chi connectivity index (χ4n) is 4.54. The van der Waals surface area contributed by atoms with Gasteiger partial charge in [-0.1, -0.05) is 25.6 Å². The standard InChI is InChI=1S/C24H32N4O3S2/c1-6-26(7-2)33(30,31)19-11-12-22-21(14-19)25-24(27(22)8-3)32-15-23(29)20-13-16(4)28(17(20)5)18-9-10-18/h11-14,18H,6-10,15H2,1-5H3. The number of aryl methyl sites for hydroxylation is 2. The number of hydrogen-bond donors (Lipinski definition) is 0. The molecule has 1 saturated carbocycles. The van der Waals surface area contributed by atoms with Crippen LogP contribution in [0.15, 0.2) is 34.3 Å². The van der Waals surface area contributed by atoms with E-state index in [1.165, 1.54) is 28.9 Å². The Morgan fingerprint density at radius 2 is 1.85 bits per heavy atom. The quantitative estimate of drug-likeness (QED) is 0.302. The molecule has 0 bridgehead atoms. The Morgan fingerprint density at radius 3 is 2.45 bits per heavy atom. The molecular formula is C24H32N4O3S2. The number of nitrogens with zero attached hydrogens (tertiary/aromatic N) is 4. The summed E-state index contributed by atoms with van der Waals surface area (Å²) < 4.78 is 31.6. The summed E-state index contributed by atoms with van der Waals surface area (Å²) in [6, 6.07) is 7.66. The summed E-state index contributed by atoms with van der Waals surface area (Å²) in [6.45, 7) is 11.3. The number of carbonyl (C=O) groups excluding carboxylic acids is 1. The smallest absolute Gasteiger partial charge is 0.243 e. The van der Waals surface area contributed by atoms with Gasteiger partial charge in [-0.15, -0.1) is 0 Å². The average Bonchev–Trinajstić information content (AvgIpc) is 3.48. The molecule has 1 aliphatic rings. The van der Waals surface area contributed by atoms with Gasteiger partial charge < -0.3 is 9.13 Å². The molecule has 1 aliphatic carbocycles. The number of thioether (sulfide) groups is 1. The van der Waals surface area contributed by atoms with Gasteiger partial charge in [-0.2, -0.15) is 4.31 Å². The second-order valence-electron chi connectivity index (χ2n) is 8.48. The number of aromatic nitrogens is 3. The normalized spacial score (nSPS) is 14.5. The molecule has 0 unspecified atom stereocenters. The van der Waals surface area contributed by atoms with E-state index >= 15 is 0 Å². The number of sulfonamides is 1. The Balaban J connectivity index is 1.59. The van der Waals surface area contributed by atoms with E-state index in [0.717, 1.165) is 27.6 Å². The molecular weight excluding hydrogens is 456 g/mol. The van der Waals surface area contributed by atoms with E-state index in [4.69, 9.17) is 4.98 Å². The van der Waals surface area contributed by atoms with E-state index in [0.29, 0.717) is 36.9 Å². The van der Waals surface area contributed by atoms with E-state index in [2.05, 4.69) is 11.5 Å². The lowest BCUT2D eigenvalue weighted by atomic mass is 10.2. The van der Waals surface area contributed by atoms with Crippen molar-refractivity contribution in [3.05, 3.63) is 41.2 Å². The number of ketones is 1. The van der Waals surface area contributed by atoms with Crippen LogP contribution in [-0.2, 0) is 16.6 Å². The minimum atomic E-state index is -3.55. The number of carbonyl (C=O) groups is 1. The third-order valence-corrected chi connectivity index (χ3v) is 9.40. The van der Waals surface area contributed by atoms with E-state index < -0.39 is 10.0 Å². The molecule has 178 valence electrons. The molecule has 0 spiro atoms. The zero-order chi connectivity index (χ0) is 23.9. The maximum Gasteiger partial charge on any atom is 0.243 e. The largest absolute Gasteiger partial charge is 0.345 e. The first kappa shape index (κ1) is 24.0. The molecule has 9 heteroatoms. The van der Waals surface area contributed by atoms with Crippen molar-refractivity contribution in [3.8, 4) is 0 Å². The van der Waals surface area contributed by atoms with E-state index in [-0.39, 0.29) is 10.7 Å². The lowest BCUT2D eigenvalue weighted by Crippen LogP contribution is -2.30. The Hall–Kier alpha value is -2.10. The summed E-state index contributed by atoms with van der Waals surface area (Å²) in [7, 11) is -3.55. The zero-order valence-corrected chi connectivity index (χ0v) is 21.6. The fourth-order valence-corrected chi connectivity index (χ4v) is 6.98. The van der Waals surface area contributed by atoms with Gasteiger partial charge in [0.15, 0.2) is 10.9 Å². The van der Waals surface area contributed by atoms with Crippen molar-refractivity contribution in [3.63, 3.8) is 0 Å². The maximum atomic E-state index is 13.0. The molecule has 0 saturated heterocycles. The molecule has 1 aromatic carbocycles. The Morgan fingerprint density at radius 1 is 1.15 bits per heavy atom. The molecule has 33 heavy (non-hydrogen) atoms.